The molecule has 0 spiro atoms. The summed E-state index contributed by atoms with van der Waals surface area (Å²) in [5.41, 5.74) is 4.75. The van der Waals surface area contributed by atoms with Crippen LogP contribution in [0.3, 0.4) is 0 Å². The van der Waals surface area contributed by atoms with Gasteiger partial charge in [0.15, 0.2) is 0 Å². The molecule has 30 heavy (non-hydrogen) atoms. The van der Waals surface area contributed by atoms with E-state index in [2.05, 4.69) is 50.8 Å². The number of rotatable bonds is 3. The summed E-state index contributed by atoms with van der Waals surface area (Å²) in [6.07, 6.45) is -0.551. The Labute approximate surface area is 175 Å². The molecule has 0 fully saturated rings. The van der Waals surface area contributed by atoms with Gasteiger partial charge in [-0.1, -0.05) is 18.2 Å². The third-order valence-corrected chi connectivity index (χ3v) is 5.60. The molecule has 1 heterocycles. The van der Waals surface area contributed by atoms with Crippen LogP contribution in [0.1, 0.15) is 55.5 Å². The summed E-state index contributed by atoms with van der Waals surface area (Å²) in [5.74, 6) is 0. The van der Waals surface area contributed by atoms with Crippen molar-refractivity contribution in [1.29, 1.82) is 5.26 Å². The summed E-state index contributed by atoms with van der Waals surface area (Å²) < 4.78 is 39.2. The highest BCUT2D eigenvalue weighted by Gasteiger charge is 2.31. The number of halogens is 3. The van der Waals surface area contributed by atoms with Crippen molar-refractivity contribution in [1.82, 2.24) is 0 Å². The minimum absolute atomic E-state index is 0.106. The van der Waals surface area contributed by atoms with E-state index in [1.54, 1.807) is 6.08 Å². The maximum Gasteiger partial charge on any atom is 0.416 e. The van der Waals surface area contributed by atoms with Crippen LogP contribution in [0.25, 0.3) is 17.2 Å². The van der Waals surface area contributed by atoms with Crippen LogP contribution in [-0.2, 0) is 6.18 Å². The van der Waals surface area contributed by atoms with Crippen molar-refractivity contribution in [3.05, 3.63) is 70.3 Å². The van der Waals surface area contributed by atoms with Crippen LogP contribution in [0.15, 0.2) is 42.5 Å². The van der Waals surface area contributed by atoms with Crippen LogP contribution in [0, 0.1) is 18.3 Å². The van der Waals surface area contributed by atoms with Gasteiger partial charge in [-0.25, -0.2) is 0 Å². The van der Waals surface area contributed by atoms with E-state index < -0.39 is 11.7 Å². The molecule has 1 aliphatic heterocycles. The second-order valence-corrected chi connectivity index (χ2v) is 8.20. The van der Waals surface area contributed by atoms with Crippen molar-refractivity contribution < 1.29 is 13.2 Å². The van der Waals surface area contributed by atoms with E-state index in [0.717, 1.165) is 46.6 Å². The van der Waals surface area contributed by atoms with Crippen LogP contribution < -0.4 is 4.90 Å². The Hall–Kier alpha value is -3.00. The minimum atomic E-state index is -4.45. The first-order valence-electron chi connectivity index (χ1n) is 9.89. The number of nitriles is 1. The van der Waals surface area contributed by atoms with Gasteiger partial charge in [0, 0.05) is 17.8 Å². The molecular weight excluding hydrogens is 385 g/mol. The average molecular weight is 410 g/mol. The Morgan fingerprint density at radius 3 is 2.47 bits per heavy atom. The zero-order valence-electron chi connectivity index (χ0n) is 17.9. The van der Waals surface area contributed by atoms with Gasteiger partial charge in [0.05, 0.1) is 22.7 Å². The van der Waals surface area contributed by atoms with E-state index >= 15 is 0 Å². The number of benzene rings is 2. The van der Waals surface area contributed by atoms with Crippen molar-refractivity contribution >= 4 is 22.9 Å². The maximum absolute atomic E-state index is 13.1. The van der Waals surface area contributed by atoms with Crippen molar-refractivity contribution in [2.45, 2.75) is 46.3 Å². The normalized spacial score (nSPS) is 16.0. The molecule has 156 valence electrons. The highest BCUT2D eigenvalue weighted by molar-refractivity contribution is 5.92. The summed E-state index contributed by atoms with van der Waals surface area (Å²) in [7, 11) is 0. The number of hydrogen-bond donors (Lipinski definition) is 0. The Balaban J connectivity index is 2.12. The lowest BCUT2D eigenvalue weighted by Gasteiger charge is -2.43. The average Bonchev–Trinajstić information content (AvgIpc) is 2.66. The lowest BCUT2D eigenvalue weighted by atomic mass is 9.86. The van der Waals surface area contributed by atoms with Gasteiger partial charge in [-0.3, -0.25) is 0 Å². The predicted octanol–water partition coefficient (Wildman–Crippen LogP) is 7.10. The monoisotopic (exact) mass is 410 g/mol. The molecule has 2 aromatic carbocycles. The third kappa shape index (κ3) is 4.00. The van der Waals surface area contributed by atoms with Crippen molar-refractivity contribution in [3.63, 3.8) is 0 Å². The fourth-order valence-corrected chi connectivity index (χ4v) is 4.18. The number of likely N-dealkylation sites (N-methyl/N-ethyl adjacent to an activating group) is 1. The zero-order chi connectivity index (χ0) is 22.3. The van der Waals surface area contributed by atoms with E-state index in [1.807, 2.05) is 13.0 Å². The molecule has 0 radical (unpaired) electrons. The van der Waals surface area contributed by atoms with Crippen LogP contribution in [0.2, 0.25) is 0 Å². The molecule has 2 nitrogen and oxygen atoms in total. The largest absolute Gasteiger partial charge is 0.416 e. The summed E-state index contributed by atoms with van der Waals surface area (Å²) in [6.45, 7) is 11.3. The first-order chi connectivity index (χ1) is 14.0. The Kier molecular flexibility index (Phi) is 5.56. The van der Waals surface area contributed by atoms with Gasteiger partial charge in [-0.2, -0.15) is 18.4 Å². The van der Waals surface area contributed by atoms with E-state index in [4.69, 9.17) is 0 Å². The summed E-state index contributed by atoms with van der Waals surface area (Å²) in [6, 6.07) is 11.1. The molecule has 1 aliphatic rings. The Bertz CT molecular complexity index is 1080. The van der Waals surface area contributed by atoms with Gasteiger partial charge in [0.1, 0.15) is 0 Å². The highest BCUT2D eigenvalue weighted by Crippen LogP contribution is 2.40. The fraction of sp³-hybridized carbons (Fsp3) is 0.320. The first-order valence-corrected chi connectivity index (χ1v) is 9.89. The van der Waals surface area contributed by atoms with Crippen LogP contribution in [0.4, 0.5) is 18.9 Å². The van der Waals surface area contributed by atoms with Gasteiger partial charge in [-0.05, 0) is 87.2 Å². The molecular formula is C25H25F3N2. The Morgan fingerprint density at radius 2 is 1.87 bits per heavy atom. The molecule has 5 heteroatoms. The molecule has 0 saturated carbocycles. The van der Waals surface area contributed by atoms with Gasteiger partial charge >= 0.3 is 6.18 Å². The zero-order valence-corrected chi connectivity index (χ0v) is 17.9. The number of fused-ring (bicyclic) bond motifs is 1. The third-order valence-electron chi connectivity index (χ3n) is 5.60. The number of nitrogens with zero attached hydrogens (tertiary/aromatic N) is 2. The molecule has 0 N–H and O–H groups in total. The van der Waals surface area contributed by atoms with E-state index in [-0.39, 0.29) is 16.7 Å². The van der Waals surface area contributed by atoms with Crippen LogP contribution in [0.5, 0.6) is 0 Å². The van der Waals surface area contributed by atoms with Crippen molar-refractivity contribution in [2.75, 3.05) is 11.4 Å². The molecule has 0 amide bonds. The number of aryl methyl sites for hydroxylation is 1. The number of hydrogen-bond acceptors (Lipinski definition) is 2. The number of alkyl halides is 3. The van der Waals surface area contributed by atoms with Crippen molar-refractivity contribution in [3.8, 4) is 6.07 Å². The van der Waals surface area contributed by atoms with Gasteiger partial charge in [0.2, 0.25) is 0 Å². The highest BCUT2D eigenvalue weighted by atomic mass is 19.4. The molecule has 0 aromatic heterocycles. The summed E-state index contributed by atoms with van der Waals surface area (Å²) >= 11 is 0. The van der Waals surface area contributed by atoms with Gasteiger partial charge < -0.3 is 4.90 Å². The fourth-order valence-electron chi connectivity index (χ4n) is 4.18. The molecule has 3 rings (SSSR count). The van der Waals surface area contributed by atoms with Gasteiger partial charge in [-0.15, -0.1) is 0 Å². The first kappa shape index (κ1) is 21.7. The molecule has 0 atom stereocenters. The van der Waals surface area contributed by atoms with E-state index in [9.17, 15) is 18.4 Å². The quantitative estimate of drug-likeness (QED) is 0.399. The Morgan fingerprint density at radius 1 is 1.17 bits per heavy atom. The SMILES string of the molecule is CCN1c2cc(C)c(/C=C(\C#N)c3cccc(C(F)(F)F)c3)cc2C(C)=CC1(C)C. The molecule has 0 bridgehead atoms. The summed E-state index contributed by atoms with van der Waals surface area (Å²) in [4.78, 5) is 2.33. The van der Waals surface area contributed by atoms with E-state index in [1.165, 1.54) is 12.1 Å². The maximum atomic E-state index is 13.1. The number of anilines is 1. The van der Waals surface area contributed by atoms with Crippen LogP contribution in [-0.4, -0.2) is 12.1 Å². The lowest BCUT2D eigenvalue weighted by Crippen LogP contribution is -2.44. The number of allylic oxidation sites excluding steroid dienone is 2. The second kappa shape index (κ2) is 7.68. The van der Waals surface area contributed by atoms with Crippen LogP contribution >= 0.6 is 0 Å². The summed E-state index contributed by atoms with van der Waals surface area (Å²) in [5, 5.41) is 9.65. The van der Waals surface area contributed by atoms with E-state index in [0.29, 0.717) is 0 Å². The smallest absolute Gasteiger partial charge is 0.363 e. The topological polar surface area (TPSA) is 27.0 Å². The minimum Gasteiger partial charge on any atom is -0.363 e. The molecule has 0 saturated heterocycles. The lowest BCUT2D eigenvalue weighted by molar-refractivity contribution is -0.137. The molecule has 2 aromatic rings. The van der Waals surface area contributed by atoms with Gasteiger partial charge in [0.25, 0.3) is 0 Å². The standard InChI is InChI=1S/C25H25F3N2/c1-6-30-23-10-16(2)19(13-22(23)17(3)14-24(30,4)5)11-20(15-29)18-8-7-9-21(12-18)25(26,27)28/h7-14H,6H2,1-5H3/b20-11+. The molecule has 0 unspecified atom stereocenters. The van der Waals surface area contributed by atoms with Crippen molar-refractivity contribution in [2.24, 2.45) is 0 Å². The molecule has 0 aliphatic carbocycles. The second-order valence-electron chi connectivity index (χ2n) is 8.20. The predicted molar refractivity (Wildman–Crippen MR) is 117 cm³/mol.